The second kappa shape index (κ2) is 5.97. The Morgan fingerprint density at radius 3 is 2.67 bits per heavy atom. The van der Waals surface area contributed by atoms with Crippen LogP contribution in [0.1, 0.15) is 17.3 Å². The van der Waals surface area contributed by atoms with E-state index in [1.165, 1.54) is 32.4 Å². The molecule has 0 aliphatic carbocycles. The first-order chi connectivity index (χ1) is 8.52. The second-order valence-corrected chi connectivity index (χ2v) is 3.33. The zero-order chi connectivity index (χ0) is 13.7. The highest BCUT2D eigenvalue weighted by atomic mass is 16.7. The molecule has 18 heavy (non-hydrogen) atoms. The number of benzene rings is 1. The van der Waals surface area contributed by atoms with Crippen LogP contribution in [0, 0.1) is 10.1 Å². The lowest BCUT2D eigenvalue weighted by molar-refractivity contribution is -0.385. The van der Waals surface area contributed by atoms with Crippen molar-refractivity contribution in [2.45, 2.75) is 6.92 Å². The highest BCUT2D eigenvalue weighted by Crippen LogP contribution is 2.29. The SMILES string of the molecule is CCOc1cccc([N+](=O)[O-])c1C(=O)N(C)OC. The fraction of sp³-hybridized carbons (Fsp3) is 0.364. The standard InChI is InChI=1S/C11H14N2O5/c1-4-18-9-7-5-6-8(13(15)16)10(9)11(14)12(2)17-3/h5-7H,4H2,1-3H3. The third-order valence-electron chi connectivity index (χ3n) is 2.27. The van der Waals surface area contributed by atoms with Crippen molar-refractivity contribution < 1.29 is 19.3 Å². The Balaban J connectivity index is 3.35. The van der Waals surface area contributed by atoms with E-state index in [-0.39, 0.29) is 17.0 Å². The van der Waals surface area contributed by atoms with Crippen molar-refractivity contribution in [2.24, 2.45) is 0 Å². The molecular weight excluding hydrogens is 240 g/mol. The van der Waals surface area contributed by atoms with Gasteiger partial charge < -0.3 is 4.74 Å². The third kappa shape index (κ3) is 2.75. The highest BCUT2D eigenvalue weighted by Gasteiger charge is 2.27. The van der Waals surface area contributed by atoms with E-state index in [0.717, 1.165) is 5.06 Å². The van der Waals surface area contributed by atoms with E-state index in [1.807, 2.05) is 0 Å². The summed E-state index contributed by atoms with van der Waals surface area (Å²) in [6.07, 6.45) is 0. The first-order valence-electron chi connectivity index (χ1n) is 5.25. The van der Waals surface area contributed by atoms with Crippen LogP contribution in [-0.4, -0.2) is 36.7 Å². The number of rotatable bonds is 5. The van der Waals surface area contributed by atoms with Gasteiger partial charge in [0.1, 0.15) is 5.75 Å². The molecule has 0 aliphatic heterocycles. The lowest BCUT2D eigenvalue weighted by Gasteiger charge is -2.16. The maximum absolute atomic E-state index is 12.0. The molecule has 1 rings (SSSR count). The molecule has 0 saturated heterocycles. The maximum atomic E-state index is 12.0. The molecule has 0 aromatic heterocycles. The predicted molar refractivity (Wildman–Crippen MR) is 63.4 cm³/mol. The van der Waals surface area contributed by atoms with E-state index >= 15 is 0 Å². The Kier molecular flexibility index (Phi) is 4.61. The quantitative estimate of drug-likeness (QED) is 0.589. The van der Waals surface area contributed by atoms with Gasteiger partial charge in [-0.15, -0.1) is 0 Å². The smallest absolute Gasteiger partial charge is 0.287 e. The number of carbonyl (C=O) groups excluding carboxylic acids is 1. The lowest BCUT2D eigenvalue weighted by atomic mass is 10.1. The summed E-state index contributed by atoms with van der Waals surface area (Å²) in [7, 11) is 2.67. The Morgan fingerprint density at radius 1 is 1.50 bits per heavy atom. The van der Waals surface area contributed by atoms with E-state index in [2.05, 4.69) is 0 Å². The van der Waals surface area contributed by atoms with E-state index < -0.39 is 10.8 Å². The molecule has 0 heterocycles. The van der Waals surface area contributed by atoms with Crippen molar-refractivity contribution >= 4 is 11.6 Å². The molecule has 7 nitrogen and oxygen atoms in total. The van der Waals surface area contributed by atoms with Gasteiger partial charge in [0.15, 0.2) is 5.56 Å². The minimum absolute atomic E-state index is 0.117. The van der Waals surface area contributed by atoms with Gasteiger partial charge in [0.25, 0.3) is 11.6 Å². The summed E-state index contributed by atoms with van der Waals surface area (Å²) in [5.41, 5.74) is -0.427. The van der Waals surface area contributed by atoms with Crippen molar-refractivity contribution in [1.29, 1.82) is 0 Å². The Labute approximate surface area is 104 Å². The number of hydrogen-bond acceptors (Lipinski definition) is 5. The number of carbonyl (C=O) groups is 1. The van der Waals surface area contributed by atoms with Crippen LogP contribution in [0.15, 0.2) is 18.2 Å². The Bertz CT molecular complexity index is 461. The summed E-state index contributed by atoms with van der Waals surface area (Å²) in [6.45, 7) is 2.03. The molecule has 0 radical (unpaired) electrons. The van der Waals surface area contributed by atoms with Gasteiger partial charge in [-0.25, -0.2) is 5.06 Å². The monoisotopic (exact) mass is 254 g/mol. The molecule has 0 N–H and O–H groups in total. The van der Waals surface area contributed by atoms with Crippen LogP contribution >= 0.6 is 0 Å². The third-order valence-corrected chi connectivity index (χ3v) is 2.27. The minimum Gasteiger partial charge on any atom is -0.493 e. The van der Waals surface area contributed by atoms with Crippen LogP contribution < -0.4 is 4.74 Å². The summed E-state index contributed by atoms with van der Waals surface area (Å²) in [5, 5.41) is 11.8. The molecule has 0 spiro atoms. The second-order valence-electron chi connectivity index (χ2n) is 3.33. The fourth-order valence-corrected chi connectivity index (χ4v) is 1.40. The topological polar surface area (TPSA) is 81.9 Å². The van der Waals surface area contributed by atoms with Crippen LogP contribution in [0.25, 0.3) is 0 Å². The summed E-state index contributed by atoms with van der Waals surface area (Å²) >= 11 is 0. The number of nitro groups is 1. The molecule has 1 amide bonds. The zero-order valence-corrected chi connectivity index (χ0v) is 10.4. The van der Waals surface area contributed by atoms with E-state index in [9.17, 15) is 14.9 Å². The Morgan fingerprint density at radius 2 is 2.17 bits per heavy atom. The van der Waals surface area contributed by atoms with E-state index in [4.69, 9.17) is 9.57 Å². The molecule has 7 heteroatoms. The van der Waals surface area contributed by atoms with Crippen molar-refractivity contribution in [3.05, 3.63) is 33.9 Å². The number of hydrogen-bond donors (Lipinski definition) is 0. The molecule has 0 bridgehead atoms. The van der Waals surface area contributed by atoms with Crippen LogP contribution in [0.4, 0.5) is 5.69 Å². The number of ether oxygens (including phenoxy) is 1. The van der Waals surface area contributed by atoms with Gasteiger partial charge in [0.2, 0.25) is 0 Å². The normalized spacial score (nSPS) is 9.94. The highest BCUT2D eigenvalue weighted by molar-refractivity contribution is 6.00. The van der Waals surface area contributed by atoms with Crippen molar-refractivity contribution in [2.75, 3.05) is 20.8 Å². The van der Waals surface area contributed by atoms with Gasteiger partial charge in [-0.2, -0.15) is 0 Å². The summed E-state index contributed by atoms with van der Waals surface area (Å²) < 4.78 is 5.24. The van der Waals surface area contributed by atoms with Crippen LogP contribution in [0.5, 0.6) is 5.75 Å². The van der Waals surface area contributed by atoms with Crippen LogP contribution in [-0.2, 0) is 4.84 Å². The summed E-state index contributed by atoms with van der Waals surface area (Å²) in [5.74, 6) is -0.464. The van der Waals surface area contributed by atoms with Gasteiger partial charge in [-0.3, -0.25) is 19.7 Å². The molecule has 0 fully saturated rings. The number of nitrogens with zero attached hydrogens (tertiary/aromatic N) is 2. The zero-order valence-electron chi connectivity index (χ0n) is 10.4. The van der Waals surface area contributed by atoms with Gasteiger partial charge in [-0.1, -0.05) is 6.07 Å². The summed E-state index contributed by atoms with van der Waals surface area (Å²) in [6, 6.07) is 4.22. The Hall–Kier alpha value is -2.15. The number of nitro benzene ring substituents is 1. The van der Waals surface area contributed by atoms with E-state index in [1.54, 1.807) is 6.92 Å². The maximum Gasteiger partial charge on any atom is 0.287 e. The molecule has 0 aliphatic rings. The van der Waals surface area contributed by atoms with Crippen molar-refractivity contribution in [3.8, 4) is 5.75 Å². The largest absolute Gasteiger partial charge is 0.493 e. The van der Waals surface area contributed by atoms with Crippen LogP contribution in [0.2, 0.25) is 0 Å². The number of amides is 1. The number of hydroxylamine groups is 2. The van der Waals surface area contributed by atoms with Gasteiger partial charge in [0, 0.05) is 13.1 Å². The molecule has 0 atom stereocenters. The van der Waals surface area contributed by atoms with Crippen molar-refractivity contribution in [1.82, 2.24) is 5.06 Å². The summed E-state index contributed by atoms with van der Waals surface area (Å²) in [4.78, 5) is 27.1. The molecule has 1 aromatic carbocycles. The fourth-order valence-electron chi connectivity index (χ4n) is 1.40. The molecule has 1 aromatic rings. The predicted octanol–water partition coefficient (Wildman–Crippen LogP) is 1.63. The minimum atomic E-state index is -0.631. The van der Waals surface area contributed by atoms with Crippen LogP contribution in [0.3, 0.4) is 0 Å². The van der Waals surface area contributed by atoms with E-state index in [0.29, 0.717) is 6.61 Å². The first kappa shape index (κ1) is 13.9. The molecular formula is C11H14N2O5. The first-order valence-corrected chi connectivity index (χ1v) is 5.25. The van der Waals surface area contributed by atoms with Crippen molar-refractivity contribution in [3.63, 3.8) is 0 Å². The average molecular weight is 254 g/mol. The molecule has 0 saturated carbocycles. The lowest BCUT2D eigenvalue weighted by Crippen LogP contribution is -2.26. The molecule has 98 valence electrons. The average Bonchev–Trinajstić information content (AvgIpc) is 2.37. The van der Waals surface area contributed by atoms with Gasteiger partial charge >= 0.3 is 0 Å². The molecule has 0 unspecified atom stereocenters. The van der Waals surface area contributed by atoms with Gasteiger partial charge in [0.05, 0.1) is 18.6 Å². The van der Waals surface area contributed by atoms with Gasteiger partial charge in [-0.05, 0) is 13.0 Å².